The van der Waals surface area contributed by atoms with Crippen LogP contribution in [0.5, 0.6) is 0 Å². The third-order valence-corrected chi connectivity index (χ3v) is 3.74. The molecule has 19 heavy (non-hydrogen) atoms. The van der Waals surface area contributed by atoms with Crippen LogP contribution in [0, 0.1) is 0 Å². The molecule has 1 aliphatic heterocycles. The quantitative estimate of drug-likeness (QED) is 0.918. The summed E-state index contributed by atoms with van der Waals surface area (Å²) in [5, 5.41) is 9.67. The van der Waals surface area contributed by atoms with E-state index in [0.717, 1.165) is 37.2 Å². The van der Waals surface area contributed by atoms with E-state index in [-0.39, 0.29) is 0 Å². The number of nitrogens with zero attached hydrogens (tertiary/aromatic N) is 3. The largest absolute Gasteiger partial charge is 0.435 e. The highest BCUT2D eigenvalue weighted by Gasteiger charge is 2.32. The fourth-order valence-corrected chi connectivity index (χ4v) is 2.72. The van der Waals surface area contributed by atoms with E-state index in [9.17, 15) is 13.2 Å². The van der Waals surface area contributed by atoms with E-state index in [0.29, 0.717) is 12.4 Å². The normalized spacial score (nSPS) is 17.4. The molecule has 8 heteroatoms. The Hall–Kier alpha value is -1.02. The molecule has 1 aromatic heterocycles. The van der Waals surface area contributed by atoms with Crippen molar-refractivity contribution in [1.29, 1.82) is 0 Å². The Bertz CT molecular complexity index is 390. The first-order valence-electron chi connectivity index (χ1n) is 6.00. The first-order chi connectivity index (χ1) is 9.05. The summed E-state index contributed by atoms with van der Waals surface area (Å²) in [6.07, 6.45) is -4.43. The minimum absolute atomic E-state index is 0.374. The van der Waals surface area contributed by atoms with Crippen molar-refractivity contribution in [2.45, 2.75) is 6.18 Å². The molecule has 0 aliphatic carbocycles. The maximum atomic E-state index is 12.3. The third-order valence-electron chi connectivity index (χ3n) is 2.79. The van der Waals surface area contributed by atoms with E-state index >= 15 is 0 Å². The minimum Gasteiger partial charge on any atom is -0.367 e. The molecule has 2 rings (SSSR count). The molecule has 1 N–H and O–H groups in total. The molecule has 0 saturated carbocycles. The number of nitrogens with one attached hydrogen (secondary N) is 1. The Labute approximate surface area is 113 Å². The monoisotopic (exact) mass is 292 g/mol. The molecular formula is C11H15F3N4S. The summed E-state index contributed by atoms with van der Waals surface area (Å²) in [5.41, 5.74) is -0.967. The fraction of sp³-hybridized carbons (Fsp3) is 0.636. The molecule has 1 aliphatic rings. The van der Waals surface area contributed by atoms with Crippen LogP contribution in [0.25, 0.3) is 0 Å². The van der Waals surface area contributed by atoms with Crippen LogP contribution in [0.2, 0.25) is 0 Å². The van der Waals surface area contributed by atoms with Gasteiger partial charge in [-0.1, -0.05) is 0 Å². The highest BCUT2D eigenvalue weighted by atomic mass is 32.2. The molecule has 0 radical (unpaired) electrons. The zero-order chi connectivity index (χ0) is 13.7. The van der Waals surface area contributed by atoms with Crippen LogP contribution in [-0.4, -0.2) is 52.8 Å². The first-order valence-corrected chi connectivity index (χ1v) is 7.16. The second-order valence-electron chi connectivity index (χ2n) is 4.18. The number of hydrogen-bond acceptors (Lipinski definition) is 5. The standard InChI is InChI=1S/C11H15F3N4S/c12-11(13,14)9-1-2-10(17-16-9)15-3-4-18-5-7-19-8-6-18/h1-2H,3-8H2,(H,15,17). The van der Waals surface area contributed by atoms with E-state index in [2.05, 4.69) is 20.4 Å². The molecule has 1 aromatic rings. The number of anilines is 1. The van der Waals surface area contributed by atoms with Gasteiger partial charge in [-0.05, 0) is 12.1 Å². The van der Waals surface area contributed by atoms with Crippen molar-refractivity contribution in [3.8, 4) is 0 Å². The third kappa shape index (κ3) is 4.54. The molecule has 1 saturated heterocycles. The summed E-state index contributed by atoms with van der Waals surface area (Å²) in [6, 6.07) is 2.24. The molecule has 106 valence electrons. The summed E-state index contributed by atoms with van der Waals surface area (Å²) < 4.78 is 36.8. The molecule has 0 amide bonds. The Balaban J connectivity index is 1.76. The van der Waals surface area contributed by atoms with Crippen LogP contribution in [0.4, 0.5) is 19.0 Å². The maximum Gasteiger partial charge on any atom is 0.435 e. The number of rotatable bonds is 4. The Kier molecular flexibility index (Phi) is 4.87. The molecule has 0 bridgehead atoms. The predicted molar refractivity (Wildman–Crippen MR) is 69.3 cm³/mol. The van der Waals surface area contributed by atoms with Crippen molar-refractivity contribution in [2.24, 2.45) is 0 Å². The van der Waals surface area contributed by atoms with Crippen LogP contribution in [0.3, 0.4) is 0 Å². The zero-order valence-corrected chi connectivity index (χ0v) is 11.1. The van der Waals surface area contributed by atoms with Crippen molar-refractivity contribution in [3.05, 3.63) is 17.8 Å². The van der Waals surface area contributed by atoms with Gasteiger partial charge in [0.25, 0.3) is 0 Å². The second-order valence-corrected chi connectivity index (χ2v) is 5.41. The van der Waals surface area contributed by atoms with Gasteiger partial charge in [0.1, 0.15) is 5.82 Å². The van der Waals surface area contributed by atoms with Gasteiger partial charge in [0.15, 0.2) is 5.69 Å². The van der Waals surface area contributed by atoms with Gasteiger partial charge < -0.3 is 5.32 Å². The number of halogens is 3. The van der Waals surface area contributed by atoms with Gasteiger partial charge in [0, 0.05) is 37.7 Å². The van der Waals surface area contributed by atoms with Crippen LogP contribution >= 0.6 is 11.8 Å². The van der Waals surface area contributed by atoms with Crippen molar-refractivity contribution in [2.75, 3.05) is 43.0 Å². The molecule has 0 unspecified atom stereocenters. The van der Waals surface area contributed by atoms with E-state index < -0.39 is 11.9 Å². The minimum atomic E-state index is -4.43. The van der Waals surface area contributed by atoms with Crippen molar-refractivity contribution in [3.63, 3.8) is 0 Å². The van der Waals surface area contributed by atoms with Gasteiger partial charge in [-0.15, -0.1) is 10.2 Å². The van der Waals surface area contributed by atoms with E-state index in [1.54, 1.807) is 0 Å². The Morgan fingerprint density at radius 1 is 1.21 bits per heavy atom. The number of hydrogen-bond donors (Lipinski definition) is 1. The Morgan fingerprint density at radius 2 is 1.95 bits per heavy atom. The predicted octanol–water partition coefficient (Wildman–Crippen LogP) is 1.96. The summed E-state index contributed by atoms with van der Waals surface area (Å²) in [7, 11) is 0. The average molecular weight is 292 g/mol. The summed E-state index contributed by atoms with van der Waals surface area (Å²) in [6.45, 7) is 3.64. The van der Waals surface area contributed by atoms with E-state index in [1.165, 1.54) is 6.07 Å². The van der Waals surface area contributed by atoms with Crippen molar-refractivity contribution < 1.29 is 13.2 Å². The highest BCUT2D eigenvalue weighted by Crippen LogP contribution is 2.26. The fourth-order valence-electron chi connectivity index (χ4n) is 1.74. The van der Waals surface area contributed by atoms with Gasteiger partial charge in [0.2, 0.25) is 0 Å². The number of alkyl halides is 3. The van der Waals surface area contributed by atoms with Gasteiger partial charge >= 0.3 is 6.18 Å². The molecule has 4 nitrogen and oxygen atoms in total. The van der Waals surface area contributed by atoms with Gasteiger partial charge in [0.05, 0.1) is 0 Å². The number of thioether (sulfide) groups is 1. The molecule has 0 atom stereocenters. The molecule has 1 fully saturated rings. The Morgan fingerprint density at radius 3 is 2.53 bits per heavy atom. The highest BCUT2D eigenvalue weighted by molar-refractivity contribution is 7.99. The lowest BCUT2D eigenvalue weighted by atomic mass is 10.4. The summed E-state index contributed by atoms with van der Waals surface area (Å²) in [4.78, 5) is 2.32. The topological polar surface area (TPSA) is 41.0 Å². The smallest absolute Gasteiger partial charge is 0.367 e. The lowest BCUT2D eigenvalue weighted by Gasteiger charge is -2.26. The SMILES string of the molecule is FC(F)(F)c1ccc(NCCN2CCSCC2)nn1. The van der Waals surface area contributed by atoms with Crippen LogP contribution in [-0.2, 0) is 6.18 Å². The van der Waals surface area contributed by atoms with E-state index in [1.807, 2.05) is 11.8 Å². The average Bonchev–Trinajstić information content (AvgIpc) is 2.39. The maximum absolute atomic E-state index is 12.3. The second kappa shape index (κ2) is 6.42. The van der Waals surface area contributed by atoms with E-state index in [4.69, 9.17) is 0 Å². The lowest BCUT2D eigenvalue weighted by molar-refractivity contribution is -0.141. The van der Waals surface area contributed by atoms with Crippen molar-refractivity contribution in [1.82, 2.24) is 15.1 Å². The zero-order valence-electron chi connectivity index (χ0n) is 10.3. The van der Waals surface area contributed by atoms with Crippen LogP contribution in [0.15, 0.2) is 12.1 Å². The van der Waals surface area contributed by atoms with Crippen LogP contribution in [0.1, 0.15) is 5.69 Å². The van der Waals surface area contributed by atoms with Crippen molar-refractivity contribution >= 4 is 17.6 Å². The van der Waals surface area contributed by atoms with Gasteiger partial charge in [-0.2, -0.15) is 24.9 Å². The summed E-state index contributed by atoms with van der Waals surface area (Å²) in [5.74, 6) is 2.65. The molecule has 2 heterocycles. The first kappa shape index (κ1) is 14.4. The summed E-state index contributed by atoms with van der Waals surface area (Å²) >= 11 is 1.94. The van der Waals surface area contributed by atoms with Gasteiger partial charge in [-0.3, -0.25) is 4.90 Å². The lowest BCUT2D eigenvalue weighted by Crippen LogP contribution is -2.36. The molecule has 0 spiro atoms. The molecular weight excluding hydrogens is 277 g/mol. The number of aromatic nitrogens is 2. The van der Waals surface area contributed by atoms with Crippen LogP contribution < -0.4 is 5.32 Å². The van der Waals surface area contributed by atoms with Gasteiger partial charge in [-0.25, -0.2) is 0 Å². The molecule has 0 aromatic carbocycles.